The number of anilines is 3. The third-order valence-corrected chi connectivity index (χ3v) is 10.6. The van der Waals surface area contributed by atoms with Gasteiger partial charge < -0.3 is 13.7 Å². The molecule has 3 nitrogen and oxygen atoms in total. The van der Waals surface area contributed by atoms with E-state index >= 15 is 0 Å². The lowest BCUT2D eigenvalue weighted by Gasteiger charge is -2.48. The van der Waals surface area contributed by atoms with Crippen molar-refractivity contribution in [3.8, 4) is 11.1 Å². The highest BCUT2D eigenvalue weighted by molar-refractivity contribution is 6.10. The molecule has 1 aliphatic carbocycles. The first kappa shape index (κ1) is 26.2. The van der Waals surface area contributed by atoms with Crippen LogP contribution in [-0.2, 0) is 10.8 Å². The van der Waals surface area contributed by atoms with Crippen LogP contribution in [0.25, 0.3) is 55.0 Å². The molecule has 3 heteroatoms. The summed E-state index contributed by atoms with van der Waals surface area (Å²) in [5.41, 5.74) is 11.9. The molecule has 2 heterocycles. The van der Waals surface area contributed by atoms with Crippen LogP contribution in [0.1, 0.15) is 38.8 Å². The van der Waals surface area contributed by atoms with Gasteiger partial charge in [0.2, 0.25) is 0 Å². The number of benzene rings is 6. The summed E-state index contributed by atoms with van der Waals surface area (Å²) in [7, 11) is 0. The van der Waals surface area contributed by atoms with Gasteiger partial charge in [0.05, 0.1) is 0 Å². The van der Waals surface area contributed by atoms with Crippen LogP contribution in [0.5, 0.6) is 0 Å². The van der Waals surface area contributed by atoms with Crippen LogP contribution in [0, 0.1) is 0 Å². The highest BCUT2D eigenvalue weighted by atomic mass is 16.3. The van der Waals surface area contributed by atoms with Gasteiger partial charge in [0.25, 0.3) is 0 Å². The number of nitrogens with zero attached hydrogens (tertiary/aromatic N) is 1. The SMILES string of the molecule is CC1(C)c2ccccc2-c2ccc3c(oc4ccc(N(c5ccccc5)c5ccc6c(c5)oc5ccccc56)cc43)c2C1(C)C. The number of rotatable bonds is 3. The van der Waals surface area contributed by atoms with Gasteiger partial charge in [-0.15, -0.1) is 0 Å². The Morgan fingerprint density at radius 1 is 0.444 bits per heavy atom. The van der Waals surface area contributed by atoms with Gasteiger partial charge in [-0.25, -0.2) is 0 Å². The van der Waals surface area contributed by atoms with Gasteiger partial charge in [-0.05, 0) is 76.7 Å². The largest absolute Gasteiger partial charge is 0.456 e. The van der Waals surface area contributed by atoms with Gasteiger partial charge >= 0.3 is 0 Å². The maximum Gasteiger partial charge on any atom is 0.139 e. The Labute approximate surface area is 262 Å². The second-order valence-electron chi connectivity index (χ2n) is 13.4. The minimum Gasteiger partial charge on any atom is -0.456 e. The quantitative estimate of drug-likeness (QED) is 0.207. The lowest BCUT2D eigenvalue weighted by molar-refractivity contribution is 0.299. The zero-order valence-electron chi connectivity index (χ0n) is 25.9. The summed E-state index contributed by atoms with van der Waals surface area (Å²) < 4.78 is 13.1. The number of furan rings is 2. The van der Waals surface area contributed by atoms with Crippen LogP contribution < -0.4 is 4.90 Å². The fourth-order valence-electron chi connectivity index (χ4n) is 7.60. The Morgan fingerprint density at radius 2 is 1.11 bits per heavy atom. The van der Waals surface area contributed by atoms with Crippen LogP contribution in [0.2, 0.25) is 0 Å². The van der Waals surface area contributed by atoms with Crippen molar-refractivity contribution in [1.82, 2.24) is 0 Å². The standard InChI is InChI=1S/C42H33NO2/c1-41(2)35-16-10-8-14-29(35)32-21-22-33-34-24-27(19-23-37(34)45-40(33)39(32)42(41,3)4)43(26-12-6-5-7-13-26)28-18-20-31-30-15-9-11-17-36(30)44-38(31)25-28/h5-25H,1-4H3. The molecule has 0 spiro atoms. The Bertz CT molecular complexity index is 2440. The summed E-state index contributed by atoms with van der Waals surface area (Å²) in [4.78, 5) is 2.30. The molecule has 2 aromatic heterocycles. The van der Waals surface area contributed by atoms with Crippen molar-refractivity contribution in [2.75, 3.05) is 4.90 Å². The van der Waals surface area contributed by atoms with Crippen LogP contribution in [0.4, 0.5) is 17.1 Å². The Kier molecular flexibility index (Phi) is 5.30. The summed E-state index contributed by atoms with van der Waals surface area (Å²) >= 11 is 0. The second kappa shape index (κ2) is 9.12. The molecule has 0 radical (unpaired) electrons. The summed E-state index contributed by atoms with van der Waals surface area (Å²) in [6.45, 7) is 9.46. The molecule has 0 N–H and O–H groups in total. The minimum absolute atomic E-state index is 0.0750. The molecule has 45 heavy (non-hydrogen) atoms. The third kappa shape index (κ3) is 3.58. The zero-order valence-corrected chi connectivity index (χ0v) is 25.9. The van der Waals surface area contributed by atoms with E-state index in [1.807, 2.05) is 12.1 Å². The molecule has 0 unspecified atom stereocenters. The topological polar surface area (TPSA) is 29.5 Å². The van der Waals surface area contributed by atoms with E-state index in [4.69, 9.17) is 8.83 Å². The van der Waals surface area contributed by atoms with Gasteiger partial charge in [-0.1, -0.05) is 94.4 Å². The highest BCUT2D eigenvalue weighted by Crippen LogP contribution is 2.56. The van der Waals surface area contributed by atoms with Crippen LogP contribution in [-0.4, -0.2) is 0 Å². The summed E-state index contributed by atoms with van der Waals surface area (Å²) in [5.74, 6) is 0. The van der Waals surface area contributed by atoms with Gasteiger partial charge in [0.1, 0.15) is 22.3 Å². The molecule has 0 fully saturated rings. The van der Waals surface area contributed by atoms with E-state index in [1.165, 1.54) is 22.3 Å². The molecular formula is C42H33NO2. The number of para-hydroxylation sites is 2. The monoisotopic (exact) mass is 583 g/mol. The zero-order chi connectivity index (χ0) is 30.5. The Hall–Kier alpha value is -5.28. The van der Waals surface area contributed by atoms with E-state index in [-0.39, 0.29) is 10.8 Å². The van der Waals surface area contributed by atoms with E-state index < -0.39 is 0 Å². The van der Waals surface area contributed by atoms with Crippen LogP contribution >= 0.6 is 0 Å². The third-order valence-electron chi connectivity index (χ3n) is 10.6. The fraction of sp³-hybridized carbons (Fsp3) is 0.143. The molecule has 0 saturated heterocycles. The fourth-order valence-corrected chi connectivity index (χ4v) is 7.60. The van der Waals surface area contributed by atoms with Crippen LogP contribution in [0.3, 0.4) is 0 Å². The normalized spacial score (nSPS) is 15.0. The van der Waals surface area contributed by atoms with E-state index in [0.717, 1.165) is 60.9 Å². The average molecular weight is 584 g/mol. The average Bonchev–Trinajstić information content (AvgIpc) is 3.62. The summed E-state index contributed by atoms with van der Waals surface area (Å²) in [6.07, 6.45) is 0. The lowest BCUT2D eigenvalue weighted by Crippen LogP contribution is -2.43. The first-order valence-electron chi connectivity index (χ1n) is 15.7. The Balaban J connectivity index is 1.26. The van der Waals surface area contributed by atoms with E-state index in [2.05, 4.69) is 148 Å². The smallest absolute Gasteiger partial charge is 0.139 e. The predicted octanol–water partition coefficient (Wildman–Crippen LogP) is 12.2. The number of hydrogen-bond acceptors (Lipinski definition) is 3. The van der Waals surface area contributed by atoms with Gasteiger partial charge in [-0.3, -0.25) is 0 Å². The molecule has 9 rings (SSSR count). The van der Waals surface area contributed by atoms with E-state index in [9.17, 15) is 0 Å². The lowest BCUT2D eigenvalue weighted by atomic mass is 9.55. The minimum atomic E-state index is -0.148. The van der Waals surface area contributed by atoms with Crippen molar-refractivity contribution in [1.29, 1.82) is 0 Å². The molecule has 0 saturated carbocycles. The van der Waals surface area contributed by atoms with Crippen molar-refractivity contribution in [3.05, 3.63) is 139 Å². The molecular weight excluding hydrogens is 550 g/mol. The van der Waals surface area contributed by atoms with E-state index in [0.29, 0.717) is 0 Å². The maximum atomic E-state index is 6.80. The van der Waals surface area contributed by atoms with Crippen molar-refractivity contribution in [2.45, 2.75) is 38.5 Å². The number of hydrogen-bond donors (Lipinski definition) is 0. The molecule has 0 aliphatic heterocycles. The van der Waals surface area contributed by atoms with Gasteiger partial charge in [0.15, 0.2) is 0 Å². The molecule has 8 aromatic rings. The summed E-state index contributed by atoms with van der Waals surface area (Å²) in [6, 6.07) is 45.2. The molecule has 1 aliphatic rings. The molecule has 218 valence electrons. The second-order valence-corrected chi connectivity index (χ2v) is 13.4. The van der Waals surface area contributed by atoms with Crippen molar-refractivity contribution >= 4 is 60.9 Å². The first-order chi connectivity index (χ1) is 21.8. The number of fused-ring (bicyclic) bond motifs is 10. The molecule has 6 aromatic carbocycles. The van der Waals surface area contributed by atoms with Crippen molar-refractivity contribution in [3.63, 3.8) is 0 Å². The van der Waals surface area contributed by atoms with Gasteiger partial charge in [-0.2, -0.15) is 0 Å². The van der Waals surface area contributed by atoms with Gasteiger partial charge in [0, 0.05) is 55.7 Å². The summed E-state index contributed by atoms with van der Waals surface area (Å²) in [5, 5.41) is 4.52. The first-order valence-corrected chi connectivity index (χ1v) is 15.7. The van der Waals surface area contributed by atoms with Crippen LogP contribution in [0.15, 0.2) is 136 Å². The predicted molar refractivity (Wildman–Crippen MR) is 187 cm³/mol. The highest BCUT2D eigenvalue weighted by Gasteiger charge is 2.47. The Morgan fingerprint density at radius 3 is 1.98 bits per heavy atom. The molecule has 0 atom stereocenters. The van der Waals surface area contributed by atoms with Crippen molar-refractivity contribution in [2.24, 2.45) is 0 Å². The molecule has 0 amide bonds. The van der Waals surface area contributed by atoms with E-state index in [1.54, 1.807) is 0 Å². The maximum absolute atomic E-state index is 6.80. The van der Waals surface area contributed by atoms with Crippen molar-refractivity contribution < 1.29 is 8.83 Å². The molecule has 0 bridgehead atoms.